The number of allylic oxidation sites excluding steroid dienone is 1. The summed E-state index contributed by atoms with van der Waals surface area (Å²) < 4.78 is 99.8. The van der Waals surface area contributed by atoms with Crippen molar-refractivity contribution >= 4 is 83.9 Å². The number of piperazine rings is 2. The fourth-order valence-electron chi connectivity index (χ4n) is 11.5. The van der Waals surface area contributed by atoms with Crippen molar-refractivity contribution in [2.45, 2.75) is 85.3 Å². The summed E-state index contributed by atoms with van der Waals surface area (Å²) in [6.07, 6.45) is 3.58. The van der Waals surface area contributed by atoms with Gasteiger partial charge in [-0.05, 0) is 126 Å². The Hall–Kier alpha value is -6.47. The summed E-state index contributed by atoms with van der Waals surface area (Å²) in [6, 6.07) is 30.5. The van der Waals surface area contributed by atoms with E-state index < -0.39 is 64.7 Å². The fraction of sp³-hybridized carbons (Fsp3) is 0.400. The Morgan fingerprint density at radius 1 is 0.762 bits per heavy atom. The molecule has 3 saturated heterocycles. The largest absolute Gasteiger partial charge is 0.501 e. The first-order valence-corrected chi connectivity index (χ1v) is 32.3. The summed E-state index contributed by atoms with van der Waals surface area (Å²) in [4.78, 5) is 58.8. The number of urea groups is 1. The van der Waals surface area contributed by atoms with Gasteiger partial charge in [-0.1, -0.05) is 73.5 Å². The smallest absolute Gasteiger partial charge is 0.380 e. The van der Waals surface area contributed by atoms with Crippen LogP contribution >= 0.6 is 23.4 Å². The molecule has 0 spiro atoms. The number of thioether (sulfide) groups is 1. The number of sulfone groups is 1. The molecule has 0 unspecified atom stereocenters. The molecule has 5 aromatic carbocycles. The number of nitrogens with one attached hydrogen (secondary N) is 3. The van der Waals surface area contributed by atoms with Crippen LogP contribution in [-0.4, -0.2) is 155 Å². The number of carbonyl (C=O) groups is 4. The van der Waals surface area contributed by atoms with E-state index in [4.69, 9.17) is 11.6 Å². The standard InChI is InChI=1S/C60H67ClF3N9O8S3/c1-59(2)23-20-51(42-9-13-46(61)14-10-42)45(36-59)38-70-30-32-71(33-31-70)48-15-11-43(12-16-48)56(75)67-84(80,81)50-17-19-53(54(35-50)83(78,79)60(62,63)64)65-47(40-82-49-6-4-3-5-7-49)21-24-68-26-28-69(29-27-68)37-41-8-18-52-44(34-41)39-73(57(52)76)72-25-22-55(74)66-58(72)77/h3-19,34-35,47,65H,20-33,36-40H2,1-2H3,(H,67,75)(H,66,74,77)/t47-/m1/s1. The summed E-state index contributed by atoms with van der Waals surface area (Å²) in [5.41, 5.74) is 1.03. The van der Waals surface area contributed by atoms with Gasteiger partial charge in [0.1, 0.15) is 4.90 Å². The fourth-order valence-corrected chi connectivity index (χ4v) is 14.7. The van der Waals surface area contributed by atoms with Crippen LogP contribution in [0.15, 0.2) is 136 Å². The first-order chi connectivity index (χ1) is 40.0. The Morgan fingerprint density at radius 2 is 1.44 bits per heavy atom. The van der Waals surface area contributed by atoms with Gasteiger partial charge in [0, 0.05) is 117 Å². The molecule has 5 aromatic rings. The van der Waals surface area contributed by atoms with E-state index in [1.165, 1.54) is 50.6 Å². The molecule has 84 heavy (non-hydrogen) atoms. The van der Waals surface area contributed by atoms with Crippen molar-refractivity contribution in [3.63, 3.8) is 0 Å². The third-order valence-corrected chi connectivity index (χ3v) is 20.5. The average molecular weight is 1230 g/mol. The molecule has 1 atom stereocenters. The van der Waals surface area contributed by atoms with Crippen LogP contribution in [0.1, 0.15) is 83.4 Å². The minimum atomic E-state index is -6.14. The number of halogens is 4. The van der Waals surface area contributed by atoms with Crippen molar-refractivity contribution in [2.24, 2.45) is 5.41 Å². The van der Waals surface area contributed by atoms with Gasteiger partial charge in [0.05, 0.1) is 23.7 Å². The van der Waals surface area contributed by atoms with Gasteiger partial charge < -0.3 is 15.1 Å². The van der Waals surface area contributed by atoms with Gasteiger partial charge in [0.25, 0.3) is 31.7 Å². The number of amides is 5. The maximum absolute atomic E-state index is 14.5. The highest BCUT2D eigenvalue weighted by molar-refractivity contribution is 7.99. The number of anilines is 2. The summed E-state index contributed by atoms with van der Waals surface area (Å²) >= 11 is 7.64. The number of nitrogens with zero attached hydrogens (tertiary/aromatic N) is 6. The topological polar surface area (TPSA) is 192 Å². The molecule has 4 heterocycles. The van der Waals surface area contributed by atoms with E-state index >= 15 is 0 Å². The van der Waals surface area contributed by atoms with Crippen molar-refractivity contribution in [3.05, 3.63) is 154 Å². The molecule has 17 nitrogen and oxygen atoms in total. The van der Waals surface area contributed by atoms with Gasteiger partial charge in [0.15, 0.2) is 0 Å². The number of alkyl halides is 3. The van der Waals surface area contributed by atoms with Crippen molar-refractivity contribution in [2.75, 3.05) is 88.0 Å². The average Bonchev–Trinajstić information content (AvgIpc) is 2.58. The predicted molar refractivity (Wildman–Crippen MR) is 318 cm³/mol. The maximum Gasteiger partial charge on any atom is 0.501 e. The molecule has 4 aliphatic heterocycles. The van der Waals surface area contributed by atoms with Crippen LogP contribution in [0.5, 0.6) is 0 Å². The molecule has 5 amide bonds. The quantitative estimate of drug-likeness (QED) is 0.0663. The van der Waals surface area contributed by atoms with E-state index in [2.05, 4.69) is 56.2 Å². The number of rotatable bonds is 19. The second-order valence-corrected chi connectivity index (χ2v) is 27.9. The Bertz CT molecular complexity index is 3540. The molecular formula is C60H67ClF3N9O8S3. The van der Waals surface area contributed by atoms with Crippen molar-refractivity contribution in [1.29, 1.82) is 0 Å². The number of sulfonamides is 1. The summed E-state index contributed by atoms with van der Waals surface area (Å²) in [5, 5.41) is 8.61. The van der Waals surface area contributed by atoms with Crippen LogP contribution in [0.4, 0.5) is 29.3 Å². The molecule has 0 bridgehead atoms. The number of imide groups is 1. The minimum Gasteiger partial charge on any atom is -0.380 e. The third kappa shape index (κ3) is 14.3. The Morgan fingerprint density at radius 3 is 2.13 bits per heavy atom. The molecule has 0 radical (unpaired) electrons. The number of hydrogen-bond donors (Lipinski definition) is 3. The Balaban J connectivity index is 0.765. The maximum atomic E-state index is 14.5. The zero-order valence-electron chi connectivity index (χ0n) is 46.7. The molecular weight excluding hydrogens is 1160 g/mol. The Labute approximate surface area is 497 Å². The van der Waals surface area contributed by atoms with Gasteiger partial charge in [0.2, 0.25) is 5.91 Å². The second kappa shape index (κ2) is 25.2. The number of hydrogen-bond acceptors (Lipinski definition) is 14. The van der Waals surface area contributed by atoms with Gasteiger partial charge in [-0.3, -0.25) is 29.5 Å². The molecule has 24 heteroatoms. The van der Waals surface area contributed by atoms with E-state index in [-0.39, 0.29) is 36.4 Å². The van der Waals surface area contributed by atoms with Crippen molar-refractivity contribution < 1.29 is 49.2 Å². The molecule has 0 saturated carbocycles. The third-order valence-electron chi connectivity index (χ3n) is 16.2. The summed E-state index contributed by atoms with van der Waals surface area (Å²) in [5.74, 6) is -1.45. The number of benzene rings is 5. The number of carbonyl (C=O) groups excluding carboxylic acids is 4. The molecule has 10 rings (SSSR count). The van der Waals surface area contributed by atoms with Crippen molar-refractivity contribution in [3.8, 4) is 0 Å². The summed E-state index contributed by atoms with van der Waals surface area (Å²) in [6.45, 7) is 12.6. The lowest BCUT2D eigenvalue weighted by atomic mass is 9.73. The first kappa shape index (κ1) is 60.6. The number of fused-ring (bicyclic) bond motifs is 1. The molecule has 1 aliphatic carbocycles. The van der Waals surface area contributed by atoms with Crippen molar-refractivity contribution in [1.82, 2.24) is 34.8 Å². The monoisotopic (exact) mass is 1230 g/mol. The normalized spacial score (nSPS) is 18.9. The highest BCUT2D eigenvalue weighted by atomic mass is 35.5. The lowest BCUT2D eigenvalue weighted by molar-refractivity contribution is -0.123. The van der Waals surface area contributed by atoms with Crippen LogP contribution in [-0.2, 0) is 37.7 Å². The van der Waals surface area contributed by atoms with Crippen LogP contribution in [0.25, 0.3) is 5.57 Å². The van der Waals surface area contributed by atoms with Crippen LogP contribution in [0.3, 0.4) is 0 Å². The van der Waals surface area contributed by atoms with E-state index in [0.29, 0.717) is 81.2 Å². The molecule has 5 aliphatic rings. The molecule has 3 N–H and O–H groups in total. The van der Waals surface area contributed by atoms with Crippen LogP contribution < -0.4 is 20.3 Å². The second-order valence-electron chi connectivity index (χ2n) is 22.7. The van der Waals surface area contributed by atoms with Gasteiger partial charge in [-0.2, -0.15) is 13.2 Å². The van der Waals surface area contributed by atoms with Gasteiger partial charge >= 0.3 is 11.5 Å². The minimum absolute atomic E-state index is 0.0258. The zero-order chi connectivity index (χ0) is 59.6. The van der Waals surface area contributed by atoms with Crippen LogP contribution in [0, 0.1) is 5.41 Å². The lowest BCUT2D eigenvalue weighted by Crippen LogP contribution is -2.56. The van der Waals surface area contributed by atoms with Gasteiger partial charge in [-0.15, -0.1) is 11.8 Å². The van der Waals surface area contributed by atoms with Crippen LogP contribution in [0.2, 0.25) is 5.02 Å². The van der Waals surface area contributed by atoms with E-state index in [1.807, 2.05) is 59.3 Å². The van der Waals surface area contributed by atoms with E-state index in [9.17, 15) is 49.2 Å². The highest BCUT2D eigenvalue weighted by Gasteiger charge is 2.49. The van der Waals surface area contributed by atoms with E-state index in [0.717, 1.165) is 72.7 Å². The lowest BCUT2D eigenvalue weighted by Gasteiger charge is -2.39. The predicted octanol–water partition coefficient (Wildman–Crippen LogP) is 9.13. The molecule has 0 aromatic heterocycles. The SMILES string of the molecule is CC1(C)CCC(c2ccc(Cl)cc2)=C(CN2CCN(c3ccc(C(=O)NS(=O)(=O)c4ccc(N[C@H](CCN5CCN(Cc6ccc7c(c6)CN(N6CCC(=O)NC6=O)C7=O)CC5)CSc5ccccc5)c(S(=O)(=O)C(F)(F)F)c4)cc3)CC2)C1. The zero-order valence-corrected chi connectivity index (χ0v) is 49.9. The molecule has 3 fully saturated rings. The summed E-state index contributed by atoms with van der Waals surface area (Å²) in [7, 11) is -11.1. The Kier molecular flexibility index (Phi) is 18.2. The van der Waals surface area contributed by atoms with Gasteiger partial charge in [-0.25, -0.2) is 36.4 Å². The first-order valence-electron chi connectivity index (χ1n) is 28.0. The van der Waals surface area contributed by atoms with E-state index in [1.54, 1.807) is 18.2 Å². The molecule has 446 valence electrons. The number of hydrazine groups is 1. The highest BCUT2D eigenvalue weighted by Crippen LogP contribution is 2.43.